The molecule has 0 radical (unpaired) electrons. The average Bonchev–Trinajstić information content (AvgIpc) is 3.40. The van der Waals surface area contributed by atoms with Gasteiger partial charge >= 0.3 is 5.76 Å². The van der Waals surface area contributed by atoms with Gasteiger partial charge < -0.3 is 14.1 Å². The van der Waals surface area contributed by atoms with Gasteiger partial charge in [-0.25, -0.2) is 4.79 Å². The van der Waals surface area contributed by atoms with Crippen LogP contribution < -0.4 is 10.5 Å². The molecule has 0 aliphatic carbocycles. The summed E-state index contributed by atoms with van der Waals surface area (Å²) in [5.41, 5.74) is 2.10. The van der Waals surface area contributed by atoms with Crippen LogP contribution in [0.3, 0.4) is 0 Å². The van der Waals surface area contributed by atoms with E-state index in [0.29, 0.717) is 17.6 Å². The number of fused-ring (bicyclic) bond motifs is 1. The lowest BCUT2D eigenvalue weighted by atomic mass is 10.1. The molecule has 2 aromatic carbocycles. The second-order valence-electron chi connectivity index (χ2n) is 7.42. The lowest BCUT2D eigenvalue weighted by Gasteiger charge is -2.29. The van der Waals surface area contributed by atoms with Crippen LogP contribution in [0, 0.1) is 0 Å². The summed E-state index contributed by atoms with van der Waals surface area (Å²) in [5.74, 6) is 0.114. The average molecular weight is 437 g/mol. The van der Waals surface area contributed by atoms with Gasteiger partial charge in [-0.05, 0) is 48.2 Å². The van der Waals surface area contributed by atoms with Crippen LogP contribution in [0.1, 0.15) is 17.4 Å². The van der Waals surface area contributed by atoms with E-state index in [-0.39, 0.29) is 18.5 Å². The van der Waals surface area contributed by atoms with E-state index < -0.39 is 5.76 Å². The zero-order valence-electron chi connectivity index (χ0n) is 17.5. The van der Waals surface area contributed by atoms with E-state index >= 15 is 0 Å². The van der Waals surface area contributed by atoms with Crippen LogP contribution in [-0.4, -0.2) is 28.5 Å². The van der Waals surface area contributed by atoms with E-state index in [1.54, 1.807) is 36.6 Å². The molecule has 4 rings (SSSR count). The van der Waals surface area contributed by atoms with Gasteiger partial charge in [0.25, 0.3) is 0 Å². The smallest absolute Gasteiger partial charge is 0.420 e. The quantitative estimate of drug-likeness (QED) is 0.413. The van der Waals surface area contributed by atoms with Crippen LogP contribution in [0.2, 0.25) is 0 Å². The topological polar surface area (TPSA) is 64.7 Å². The van der Waals surface area contributed by atoms with Crippen LogP contribution in [0.4, 0.5) is 0 Å². The van der Waals surface area contributed by atoms with Crippen molar-refractivity contribution in [2.45, 2.75) is 32.5 Å². The normalized spacial score (nSPS) is 12.1. The summed E-state index contributed by atoms with van der Waals surface area (Å²) < 4.78 is 11.9. The highest BCUT2D eigenvalue weighted by molar-refractivity contribution is 7.09. The minimum Gasteiger partial charge on any atom is -0.497 e. The maximum absolute atomic E-state index is 13.4. The van der Waals surface area contributed by atoms with Gasteiger partial charge in [0.1, 0.15) is 12.3 Å². The molecule has 1 amide bonds. The van der Waals surface area contributed by atoms with Crippen molar-refractivity contribution in [3.05, 3.63) is 87.0 Å². The Morgan fingerprint density at radius 3 is 2.61 bits per heavy atom. The number of hydrogen-bond donors (Lipinski definition) is 0. The van der Waals surface area contributed by atoms with Gasteiger partial charge in [-0.15, -0.1) is 11.3 Å². The van der Waals surface area contributed by atoms with Gasteiger partial charge in [-0.3, -0.25) is 9.36 Å². The summed E-state index contributed by atoms with van der Waals surface area (Å²) in [6.07, 6.45) is 0.751. The first-order chi connectivity index (χ1) is 15.0. The number of aromatic nitrogens is 1. The Balaban J connectivity index is 1.60. The Hall–Kier alpha value is -3.32. The molecule has 0 saturated carbocycles. The second kappa shape index (κ2) is 9.22. The fraction of sp³-hybridized carbons (Fsp3) is 0.250. The second-order valence-corrected chi connectivity index (χ2v) is 8.46. The third-order valence-corrected chi connectivity index (χ3v) is 6.21. The molecule has 4 aromatic rings. The Kier molecular flexibility index (Phi) is 6.23. The molecule has 160 valence electrons. The highest BCUT2D eigenvalue weighted by Gasteiger charge is 2.23. The van der Waals surface area contributed by atoms with Crippen LogP contribution in [-0.2, 0) is 24.3 Å². The van der Waals surface area contributed by atoms with Crippen molar-refractivity contribution < 1.29 is 13.9 Å². The highest BCUT2D eigenvalue weighted by atomic mass is 32.1. The Bertz CT molecular complexity index is 1210. The molecule has 31 heavy (non-hydrogen) atoms. The van der Waals surface area contributed by atoms with Crippen LogP contribution in [0.25, 0.3) is 11.1 Å². The number of ether oxygens (including phenoxy) is 1. The molecule has 2 aromatic heterocycles. The first-order valence-electron chi connectivity index (χ1n) is 10.1. The number of amides is 1. The van der Waals surface area contributed by atoms with Crippen molar-refractivity contribution in [2.75, 3.05) is 7.11 Å². The fourth-order valence-electron chi connectivity index (χ4n) is 3.64. The lowest BCUT2D eigenvalue weighted by Crippen LogP contribution is -2.42. The summed E-state index contributed by atoms with van der Waals surface area (Å²) in [6.45, 7) is 2.41. The molecule has 0 unspecified atom stereocenters. The molecular weight excluding hydrogens is 412 g/mol. The highest BCUT2D eigenvalue weighted by Crippen LogP contribution is 2.20. The van der Waals surface area contributed by atoms with Crippen molar-refractivity contribution in [3.8, 4) is 5.75 Å². The number of nitrogens with zero attached hydrogens (tertiary/aromatic N) is 2. The van der Waals surface area contributed by atoms with Crippen molar-refractivity contribution in [1.29, 1.82) is 0 Å². The molecule has 0 saturated heterocycles. The number of thiophene rings is 1. The Morgan fingerprint density at radius 1 is 1.13 bits per heavy atom. The first-order valence-corrected chi connectivity index (χ1v) is 11.0. The van der Waals surface area contributed by atoms with Gasteiger partial charge in [-0.2, -0.15) is 0 Å². The Labute approximate surface area is 184 Å². The van der Waals surface area contributed by atoms with Crippen molar-refractivity contribution in [2.24, 2.45) is 0 Å². The molecule has 0 fully saturated rings. The third-order valence-electron chi connectivity index (χ3n) is 5.31. The van der Waals surface area contributed by atoms with Gasteiger partial charge in [0, 0.05) is 23.9 Å². The molecule has 6 nitrogen and oxygen atoms in total. The van der Waals surface area contributed by atoms with Crippen LogP contribution in [0.15, 0.2) is 75.3 Å². The minimum atomic E-state index is -0.523. The van der Waals surface area contributed by atoms with Gasteiger partial charge in [0.15, 0.2) is 5.58 Å². The maximum atomic E-state index is 13.4. The lowest BCUT2D eigenvalue weighted by molar-refractivity contribution is -0.134. The summed E-state index contributed by atoms with van der Waals surface area (Å²) in [6, 6.07) is 18.9. The van der Waals surface area contributed by atoms with Gasteiger partial charge in [-0.1, -0.05) is 30.3 Å². The summed E-state index contributed by atoms with van der Waals surface area (Å²) in [4.78, 5) is 28.8. The zero-order chi connectivity index (χ0) is 21.8. The predicted octanol–water partition coefficient (Wildman–Crippen LogP) is 4.32. The SMILES string of the molecule is COc1ccc(CN(C(=O)Cn2c(=O)oc3ccccc32)[C@@H](C)Cc2cccs2)cc1. The van der Waals surface area contributed by atoms with Crippen LogP contribution in [0.5, 0.6) is 5.75 Å². The zero-order valence-corrected chi connectivity index (χ0v) is 18.3. The van der Waals surface area contributed by atoms with E-state index in [9.17, 15) is 9.59 Å². The molecule has 0 aliphatic heterocycles. The van der Waals surface area contributed by atoms with Crippen LogP contribution >= 0.6 is 11.3 Å². The summed E-state index contributed by atoms with van der Waals surface area (Å²) in [7, 11) is 1.63. The number of benzene rings is 2. The summed E-state index contributed by atoms with van der Waals surface area (Å²) >= 11 is 1.68. The number of carbonyl (C=O) groups excluding carboxylic acids is 1. The maximum Gasteiger partial charge on any atom is 0.420 e. The number of methoxy groups -OCH3 is 1. The van der Waals surface area contributed by atoms with E-state index in [1.807, 2.05) is 53.6 Å². The van der Waals surface area contributed by atoms with E-state index in [4.69, 9.17) is 9.15 Å². The minimum absolute atomic E-state index is 0.0397. The number of carbonyl (C=O) groups is 1. The molecule has 0 spiro atoms. The first kappa shape index (κ1) is 20.9. The molecular formula is C24H24N2O4S. The molecule has 7 heteroatoms. The monoisotopic (exact) mass is 436 g/mol. The van der Waals surface area contributed by atoms with Crippen molar-refractivity contribution in [1.82, 2.24) is 9.47 Å². The number of rotatable bonds is 8. The van der Waals surface area contributed by atoms with Gasteiger partial charge in [0.2, 0.25) is 5.91 Å². The van der Waals surface area contributed by atoms with E-state index in [2.05, 4.69) is 6.07 Å². The Morgan fingerprint density at radius 2 is 1.90 bits per heavy atom. The molecule has 1 atom stereocenters. The van der Waals surface area contributed by atoms with E-state index in [1.165, 1.54) is 9.44 Å². The standard InChI is InChI=1S/C24H24N2O4S/c1-17(14-20-6-5-13-31-20)25(15-18-9-11-19(29-2)12-10-18)23(27)16-26-21-7-3-4-8-22(21)30-24(26)28/h3-13,17H,14-16H2,1-2H3/t17-/m0/s1. The number of oxazole rings is 1. The largest absolute Gasteiger partial charge is 0.497 e. The molecule has 0 bridgehead atoms. The molecule has 0 aliphatic rings. The van der Waals surface area contributed by atoms with Gasteiger partial charge in [0.05, 0.1) is 12.6 Å². The van der Waals surface area contributed by atoms with Crippen molar-refractivity contribution in [3.63, 3.8) is 0 Å². The fourth-order valence-corrected chi connectivity index (χ4v) is 4.46. The predicted molar refractivity (Wildman–Crippen MR) is 122 cm³/mol. The number of hydrogen-bond acceptors (Lipinski definition) is 5. The number of para-hydroxylation sites is 2. The summed E-state index contributed by atoms with van der Waals surface area (Å²) in [5, 5.41) is 2.04. The van der Waals surface area contributed by atoms with Crippen molar-refractivity contribution >= 4 is 28.3 Å². The molecule has 0 N–H and O–H groups in total. The van der Waals surface area contributed by atoms with E-state index in [0.717, 1.165) is 17.7 Å². The third kappa shape index (κ3) is 4.72. The molecule has 2 heterocycles.